The van der Waals surface area contributed by atoms with Crippen molar-refractivity contribution in [3.05, 3.63) is 21.4 Å². The van der Waals surface area contributed by atoms with Crippen molar-refractivity contribution < 1.29 is 4.79 Å². The number of nitrogens with zero attached hydrogens (tertiary/aromatic N) is 1. The molecule has 0 aliphatic heterocycles. The monoisotopic (exact) mass is 344 g/mol. The van der Waals surface area contributed by atoms with Crippen LogP contribution in [0.25, 0.3) is 0 Å². The number of carbonyl (C=O) groups is 1. The minimum absolute atomic E-state index is 0. The minimum atomic E-state index is 0. The Morgan fingerprint density at radius 1 is 1.32 bits per heavy atom. The molecule has 0 aromatic carbocycles. The van der Waals surface area contributed by atoms with Gasteiger partial charge in [0.1, 0.15) is 0 Å². The number of rotatable bonds is 5. The van der Waals surface area contributed by atoms with Gasteiger partial charge in [-0.05, 0) is 49.7 Å². The summed E-state index contributed by atoms with van der Waals surface area (Å²) in [5, 5.41) is 0. The van der Waals surface area contributed by atoms with Crippen molar-refractivity contribution >= 4 is 29.7 Å². The third-order valence-corrected chi connectivity index (χ3v) is 5.68. The number of amides is 1. The van der Waals surface area contributed by atoms with E-state index in [-0.39, 0.29) is 24.4 Å². The van der Waals surface area contributed by atoms with Crippen LogP contribution in [0.1, 0.15) is 59.6 Å². The second-order valence-electron chi connectivity index (χ2n) is 6.54. The Hall–Kier alpha value is -0.580. The highest BCUT2D eigenvalue weighted by atomic mass is 35.5. The molecule has 0 bridgehead atoms. The number of halogens is 1. The Morgan fingerprint density at radius 3 is 2.68 bits per heavy atom. The van der Waals surface area contributed by atoms with Gasteiger partial charge in [0, 0.05) is 24.5 Å². The fraction of sp³-hybridized carbons (Fsp3) is 0.706. The van der Waals surface area contributed by atoms with E-state index in [1.165, 1.54) is 29.7 Å². The fourth-order valence-corrected chi connectivity index (χ4v) is 3.99. The Labute approximate surface area is 144 Å². The molecule has 0 saturated carbocycles. The van der Waals surface area contributed by atoms with Gasteiger partial charge in [0.2, 0.25) is 0 Å². The predicted molar refractivity (Wildman–Crippen MR) is 97.2 cm³/mol. The van der Waals surface area contributed by atoms with Crippen molar-refractivity contribution in [2.75, 3.05) is 13.6 Å². The van der Waals surface area contributed by atoms with Crippen LogP contribution in [0.4, 0.5) is 0 Å². The average Bonchev–Trinajstić information content (AvgIpc) is 2.74. The second kappa shape index (κ2) is 8.90. The van der Waals surface area contributed by atoms with Crippen LogP contribution in [0.3, 0.4) is 0 Å². The van der Waals surface area contributed by atoms with E-state index >= 15 is 0 Å². The first-order chi connectivity index (χ1) is 9.99. The number of thiophene rings is 1. The van der Waals surface area contributed by atoms with E-state index in [9.17, 15) is 4.79 Å². The second-order valence-corrected chi connectivity index (χ2v) is 7.68. The molecule has 0 fully saturated rings. The average molecular weight is 345 g/mol. The van der Waals surface area contributed by atoms with Gasteiger partial charge >= 0.3 is 0 Å². The van der Waals surface area contributed by atoms with Gasteiger partial charge < -0.3 is 10.6 Å². The van der Waals surface area contributed by atoms with E-state index < -0.39 is 0 Å². The van der Waals surface area contributed by atoms with Gasteiger partial charge in [-0.3, -0.25) is 4.79 Å². The molecule has 2 N–H and O–H groups in total. The van der Waals surface area contributed by atoms with Crippen LogP contribution in [0.15, 0.2) is 6.07 Å². The molecule has 1 heterocycles. The normalized spacial score (nSPS) is 15.7. The highest BCUT2D eigenvalue weighted by Gasteiger charge is 2.19. The van der Waals surface area contributed by atoms with Gasteiger partial charge in [-0.1, -0.05) is 20.3 Å². The molecule has 1 aromatic heterocycles. The molecule has 22 heavy (non-hydrogen) atoms. The smallest absolute Gasteiger partial charge is 0.263 e. The lowest BCUT2D eigenvalue weighted by Crippen LogP contribution is -2.34. The lowest BCUT2D eigenvalue weighted by molar-refractivity contribution is 0.0794. The van der Waals surface area contributed by atoms with Crippen LogP contribution in [-0.2, 0) is 12.8 Å². The molecule has 0 saturated heterocycles. The molecule has 1 atom stereocenters. The Morgan fingerprint density at radius 2 is 2.00 bits per heavy atom. The van der Waals surface area contributed by atoms with Crippen LogP contribution in [0.5, 0.6) is 0 Å². The van der Waals surface area contributed by atoms with E-state index in [0.29, 0.717) is 5.92 Å². The van der Waals surface area contributed by atoms with Crippen molar-refractivity contribution in [1.82, 2.24) is 4.90 Å². The van der Waals surface area contributed by atoms with E-state index in [1.807, 2.05) is 11.9 Å². The number of nitrogens with two attached hydrogens (primary N) is 1. The highest BCUT2D eigenvalue weighted by Crippen LogP contribution is 2.29. The molecule has 1 aliphatic rings. The van der Waals surface area contributed by atoms with Gasteiger partial charge in [0.15, 0.2) is 0 Å². The van der Waals surface area contributed by atoms with Crippen molar-refractivity contribution in [1.29, 1.82) is 0 Å². The lowest BCUT2D eigenvalue weighted by atomic mass is 10.0. The Balaban J connectivity index is 0.00000242. The minimum Gasteiger partial charge on any atom is -0.341 e. The van der Waals surface area contributed by atoms with Crippen LogP contribution in [-0.4, -0.2) is 30.4 Å². The fourth-order valence-electron chi connectivity index (χ4n) is 2.74. The summed E-state index contributed by atoms with van der Waals surface area (Å²) >= 11 is 1.70. The van der Waals surface area contributed by atoms with Crippen LogP contribution >= 0.6 is 23.7 Å². The third-order valence-electron chi connectivity index (χ3n) is 4.46. The summed E-state index contributed by atoms with van der Waals surface area (Å²) < 4.78 is 0. The highest BCUT2D eigenvalue weighted by molar-refractivity contribution is 7.14. The first-order valence-corrected chi connectivity index (χ1v) is 8.93. The molecule has 2 rings (SSSR count). The van der Waals surface area contributed by atoms with Gasteiger partial charge in [-0.15, -0.1) is 23.7 Å². The number of fused-ring (bicyclic) bond motifs is 1. The van der Waals surface area contributed by atoms with Crippen molar-refractivity contribution in [3.63, 3.8) is 0 Å². The summed E-state index contributed by atoms with van der Waals surface area (Å²) in [6, 6.07) is 2.30. The molecular weight excluding hydrogens is 316 g/mol. The standard InChI is InChI=1S/C17H28N2OS.ClH/c1-12(2)14(18)9-10-19(3)17(20)16-11-13-7-5-4-6-8-15(13)21-16;/h11-12,14H,4-10,18H2,1-3H3;1H. The molecule has 1 aromatic rings. The molecule has 3 nitrogen and oxygen atoms in total. The number of carbonyl (C=O) groups excluding carboxylic acids is 1. The lowest BCUT2D eigenvalue weighted by Gasteiger charge is -2.21. The molecule has 1 amide bonds. The molecule has 1 aliphatic carbocycles. The summed E-state index contributed by atoms with van der Waals surface area (Å²) in [5.74, 6) is 0.621. The van der Waals surface area contributed by atoms with Crippen molar-refractivity contribution in [3.8, 4) is 0 Å². The zero-order chi connectivity index (χ0) is 15.4. The summed E-state index contributed by atoms with van der Waals surface area (Å²) in [4.78, 5) is 16.7. The molecule has 5 heteroatoms. The van der Waals surface area contributed by atoms with Gasteiger partial charge in [0.05, 0.1) is 4.88 Å². The predicted octanol–water partition coefficient (Wildman–Crippen LogP) is 3.88. The number of hydrogen-bond acceptors (Lipinski definition) is 3. The summed E-state index contributed by atoms with van der Waals surface area (Å²) in [6.07, 6.45) is 7.00. The zero-order valence-electron chi connectivity index (χ0n) is 13.9. The summed E-state index contributed by atoms with van der Waals surface area (Å²) in [6.45, 7) is 4.99. The maximum absolute atomic E-state index is 12.5. The molecule has 126 valence electrons. The largest absolute Gasteiger partial charge is 0.341 e. The maximum Gasteiger partial charge on any atom is 0.263 e. The maximum atomic E-state index is 12.5. The molecule has 1 unspecified atom stereocenters. The van der Waals surface area contributed by atoms with E-state index in [1.54, 1.807) is 11.3 Å². The SMILES string of the molecule is CC(C)C(N)CCN(C)C(=O)c1cc2c(s1)CCCCC2.Cl. The zero-order valence-corrected chi connectivity index (χ0v) is 15.6. The first-order valence-electron chi connectivity index (χ1n) is 8.11. The summed E-state index contributed by atoms with van der Waals surface area (Å²) in [7, 11) is 1.89. The quantitative estimate of drug-likeness (QED) is 0.824. The van der Waals surface area contributed by atoms with Gasteiger partial charge in [-0.25, -0.2) is 0 Å². The van der Waals surface area contributed by atoms with Crippen LogP contribution in [0.2, 0.25) is 0 Å². The topological polar surface area (TPSA) is 46.3 Å². The van der Waals surface area contributed by atoms with Gasteiger partial charge in [-0.2, -0.15) is 0 Å². The van der Waals surface area contributed by atoms with Crippen LogP contribution in [0, 0.1) is 5.92 Å². The third kappa shape index (κ3) is 4.97. The van der Waals surface area contributed by atoms with Crippen LogP contribution < -0.4 is 5.73 Å². The van der Waals surface area contributed by atoms with Crippen molar-refractivity contribution in [2.45, 2.75) is 58.4 Å². The van der Waals surface area contributed by atoms with E-state index in [0.717, 1.165) is 30.7 Å². The van der Waals surface area contributed by atoms with E-state index in [2.05, 4.69) is 19.9 Å². The first kappa shape index (κ1) is 19.5. The molecular formula is C17H29ClN2OS. The van der Waals surface area contributed by atoms with E-state index in [4.69, 9.17) is 5.73 Å². The Kier molecular flexibility index (Phi) is 7.87. The molecule has 0 spiro atoms. The van der Waals surface area contributed by atoms with Crippen molar-refractivity contribution in [2.24, 2.45) is 11.7 Å². The number of hydrogen-bond donors (Lipinski definition) is 1. The number of aryl methyl sites for hydroxylation is 2. The Bertz CT molecular complexity index is 464. The molecule has 0 radical (unpaired) electrons. The van der Waals surface area contributed by atoms with Gasteiger partial charge in [0.25, 0.3) is 5.91 Å². The summed E-state index contributed by atoms with van der Waals surface area (Å²) in [5.41, 5.74) is 7.48.